The smallest absolute Gasteiger partial charge is 0.307 e. The predicted octanol–water partition coefficient (Wildman–Crippen LogP) is 1.30. The summed E-state index contributed by atoms with van der Waals surface area (Å²) in [6.45, 7) is 0.259. The van der Waals surface area contributed by atoms with Gasteiger partial charge in [0.2, 0.25) is 5.91 Å². The van der Waals surface area contributed by atoms with Gasteiger partial charge in [0.25, 0.3) is 0 Å². The van der Waals surface area contributed by atoms with E-state index in [4.69, 9.17) is 5.11 Å². The van der Waals surface area contributed by atoms with Gasteiger partial charge >= 0.3 is 5.97 Å². The lowest BCUT2D eigenvalue weighted by Gasteiger charge is -2.32. The summed E-state index contributed by atoms with van der Waals surface area (Å²) in [5.74, 6) is -2.07. The van der Waals surface area contributed by atoms with Gasteiger partial charge in [0, 0.05) is 6.54 Å². The molecule has 1 amide bonds. The predicted molar refractivity (Wildman–Crippen MR) is 69.5 cm³/mol. The van der Waals surface area contributed by atoms with Gasteiger partial charge in [-0.15, -0.1) is 0 Å². The van der Waals surface area contributed by atoms with Gasteiger partial charge in [0.15, 0.2) is 0 Å². The second kappa shape index (κ2) is 5.90. The van der Waals surface area contributed by atoms with Crippen LogP contribution in [0.1, 0.15) is 51.4 Å². The number of aliphatic carboxylic acids is 1. The van der Waals surface area contributed by atoms with Crippen LogP contribution in [0.15, 0.2) is 0 Å². The van der Waals surface area contributed by atoms with Crippen LogP contribution >= 0.6 is 0 Å². The first kappa shape index (κ1) is 14.3. The molecule has 0 spiro atoms. The second-order valence-electron chi connectivity index (χ2n) is 5.98. The Morgan fingerprint density at radius 1 is 1.05 bits per heavy atom. The SMILES string of the molecule is O=C(O)C1CCCC1C(=O)NCC1(O)CCCCC1. The van der Waals surface area contributed by atoms with Crippen LogP contribution in [-0.2, 0) is 9.59 Å². The Labute approximate surface area is 113 Å². The van der Waals surface area contributed by atoms with Crippen LogP contribution in [0.3, 0.4) is 0 Å². The molecule has 2 atom stereocenters. The van der Waals surface area contributed by atoms with Crippen molar-refractivity contribution in [3.8, 4) is 0 Å². The Bertz CT molecular complexity index is 349. The van der Waals surface area contributed by atoms with Crippen molar-refractivity contribution in [2.24, 2.45) is 11.8 Å². The summed E-state index contributed by atoms with van der Waals surface area (Å²) >= 11 is 0. The Balaban J connectivity index is 1.85. The van der Waals surface area contributed by atoms with E-state index in [1.54, 1.807) is 0 Å². The van der Waals surface area contributed by atoms with Crippen molar-refractivity contribution in [1.82, 2.24) is 5.32 Å². The van der Waals surface area contributed by atoms with Gasteiger partial charge in [-0.05, 0) is 25.7 Å². The number of nitrogens with one attached hydrogen (secondary N) is 1. The van der Waals surface area contributed by atoms with Crippen molar-refractivity contribution in [2.75, 3.05) is 6.54 Å². The summed E-state index contributed by atoms with van der Waals surface area (Å²) in [5, 5.41) is 22.1. The zero-order chi connectivity index (χ0) is 13.9. The van der Waals surface area contributed by atoms with E-state index >= 15 is 0 Å². The molecule has 0 saturated heterocycles. The maximum atomic E-state index is 12.1. The number of hydrogen-bond donors (Lipinski definition) is 3. The van der Waals surface area contributed by atoms with Gasteiger partial charge in [-0.2, -0.15) is 0 Å². The number of carbonyl (C=O) groups is 2. The minimum Gasteiger partial charge on any atom is -0.481 e. The Morgan fingerprint density at radius 2 is 1.68 bits per heavy atom. The van der Waals surface area contributed by atoms with Crippen molar-refractivity contribution in [3.63, 3.8) is 0 Å². The molecule has 2 aliphatic carbocycles. The molecular formula is C14H23NO4. The van der Waals surface area contributed by atoms with Gasteiger partial charge in [-0.1, -0.05) is 25.7 Å². The van der Waals surface area contributed by atoms with E-state index in [0.717, 1.165) is 38.5 Å². The van der Waals surface area contributed by atoms with Crippen molar-refractivity contribution >= 4 is 11.9 Å². The van der Waals surface area contributed by atoms with Crippen LogP contribution < -0.4 is 5.32 Å². The normalized spacial score (nSPS) is 29.9. The minimum atomic E-state index is -0.881. The molecule has 19 heavy (non-hydrogen) atoms. The Kier molecular flexibility index (Phi) is 4.45. The molecular weight excluding hydrogens is 246 g/mol. The lowest BCUT2D eigenvalue weighted by molar-refractivity contribution is -0.146. The maximum Gasteiger partial charge on any atom is 0.307 e. The van der Waals surface area contributed by atoms with Crippen LogP contribution in [0.25, 0.3) is 0 Å². The topological polar surface area (TPSA) is 86.6 Å². The molecule has 0 aliphatic heterocycles. The Hall–Kier alpha value is -1.10. The summed E-state index contributed by atoms with van der Waals surface area (Å²) in [5.41, 5.74) is -0.786. The summed E-state index contributed by atoms with van der Waals surface area (Å²) in [4.78, 5) is 23.1. The standard InChI is InChI=1S/C14H23NO4/c16-12(10-5-4-6-11(10)13(17)18)15-9-14(19)7-2-1-3-8-14/h10-11,19H,1-9H2,(H,15,16)(H,17,18). The fourth-order valence-electron chi connectivity index (χ4n) is 3.34. The van der Waals surface area contributed by atoms with E-state index in [9.17, 15) is 14.7 Å². The first-order valence-electron chi connectivity index (χ1n) is 7.25. The number of aliphatic hydroxyl groups is 1. The van der Waals surface area contributed by atoms with Crippen LogP contribution in [0.4, 0.5) is 0 Å². The van der Waals surface area contributed by atoms with Gasteiger partial charge in [0.05, 0.1) is 17.4 Å². The average molecular weight is 269 g/mol. The highest BCUT2D eigenvalue weighted by Gasteiger charge is 2.38. The van der Waals surface area contributed by atoms with E-state index in [-0.39, 0.29) is 12.5 Å². The number of hydrogen-bond acceptors (Lipinski definition) is 3. The molecule has 5 nitrogen and oxygen atoms in total. The fourth-order valence-corrected chi connectivity index (χ4v) is 3.34. The first-order valence-corrected chi connectivity index (χ1v) is 7.25. The zero-order valence-electron chi connectivity index (χ0n) is 11.2. The van der Waals surface area contributed by atoms with Gasteiger partial charge in [-0.3, -0.25) is 9.59 Å². The number of amides is 1. The van der Waals surface area contributed by atoms with Crippen molar-refractivity contribution < 1.29 is 19.8 Å². The van der Waals surface area contributed by atoms with E-state index in [0.29, 0.717) is 12.8 Å². The highest BCUT2D eigenvalue weighted by atomic mass is 16.4. The van der Waals surface area contributed by atoms with Gasteiger partial charge < -0.3 is 15.5 Å². The third-order valence-electron chi connectivity index (χ3n) is 4.55. The zero-order valence-corrected chi connectivity index (χ0v) is 11.2. The molecule has 0 bridgehead atoms. The molecule has 2 aliphatic rings. The van der Waals surface area contributed by atoms with Gasteiger partial charge in [-0.25, -0.2) is 0 Å². The van der Waals surface area contributed by atoms with E-state index < -0.39 is 23.4 Å². The summed E-state index contributed by atoms with van der Waals surface area (Å²) in [7, 11) is 0. The minimum absolute atomic E-state index is 0.205. The van der Waals surface area contributed by atoms with Gasteiger partial charge in [0.1, 0.15) is 0 Å². The fraction of sp³-hybridized carbons (Fsp3) is 0.857. The number of carboxylic acid groups (broad SMARTS) is 1. The molecule has 108 valence electrons. The van der Waals surface area contributed by atoms with Crippen molar-refractivity contribution in [3.05, 3.63) is 0 Å². The molecule has 0 aromatic rings. The van der Waals surface area contributed by atoms with E-state index in [1.165, 1.54) is 0 Å². The first-order chi connectivity index (χ1) is 9.02. The highest BCUT2D eigenvalue weighted by molar-refractivity contribution is 5.85. The molecule has 3 N–H and O–H groups in total. The van der Waals surface area contributed by atoms with Crippen LogP contribution in [0.2, 0.25) is 0 Å². The van der Waals surface area contributed by atoms with E-state index in [1.807, 2.05) is 0 Å². The molecule has 2 saturated carbocycles. The van der Waals surface area contributed by atoms with Crippen molar-refractivity contribution in [2.45, 2.75) is 57.0 Å². The van der Waals surface area contributed by atoms with Crippen molar-refractivity contribution in [1.29, 1.82) is 0 Å². The van der Waals surface area contributed by atoms with Crippen LogP contribution in [0.5, 0.6) is 0 Å². The number of carbonyl (C=O) groups excluding carboxylic acids is 1. The average Bonchev–Trinajstić information content (AvgIpc) is 2.86. The molecule has 0 radical (unpaired) electrons. The Morgan fingerprint density at radius 3 is 2.32 bits per heavy atom. The highest BCUT2D eigenvalue weighted by Crippen LogP contribution is 2.32. The maximum absolute atomic E-state index is 12.1. The third kappa shape index (κ3) is 3.47. The lowest BCUT2D eigenvalue weighted by atomic mass is 9.84. The number of carboxylic acids is 1. The summed E-state index contributed by atoms with van der Waals surface area (Å²) < 4.78 is 0. The summed E-state index contributed by atoms with van der Waals surface area (Å²) in [6, 6.07) is 0. The molecule has 5 heteroatoms. The molecule has 2 fully saturated rings. The third-order valence-corrected chi connectivity index (χ3v) is 4.55. The molecule has 0 aromatic heterocycles. The molecule has 0 heterocycles. The lowest BCUT2D eigenvalue weighted by Crippen LogP contribution is -2.46. The molecule has 0 aromatic carbocycles. The van der Waals surface area contributed by atoms with E-state index in [2.05, 4.69) is 5.32 Å². The van der Waals surface area contributed by atoms with Crippen LogP contribution in [-0.4, -0.2) is 34.2 Å². The largest absolute Gasteiger partial charge is 0.481 e. The monoisotopic (exact) mass is 269 g/mol. The number of rotatable bonds is 4. The van der Waals surface area contributed by atoms with Crippen LogP contribution in [0, 0.1) is 11.8 Å². The quantitative estimate of drug-likeness (QED) is 0.718. The summed E-state index contributed by atoms with van der Waals surface area (Å²) in [6.07, 6.45) is 6.58. The molecule has 2 unspecified atom stereocenters. The second-order valence-corrected chi connectivity index (χ2v) is 5.98. The molecule has 2 rings (SSSR count).